The highest BCUT2D eigenvalue weighted by Crippen LogP contribution is 2.25. The number of benzene rings is 1. The number of nitro groups is 1. The van der Waals surface area contributed by atoms with Crippen LogP contribution in [0.4, 0.5) is 5.69 Å². The number of hydrogen-bond donors (Lipinski definition) is 1. The van der Waals surface area contributed by atoms with Gasteiger partial charge in [0.2, 0.25) is 0 Å². The number of hydrogen-bond acceptors (Lipinski definition) is 5. The molecule has 1 heterocycles. The van der Waals surface area contributed by atoms with Gasteiger partial charge >= 0.3 is 5.69 Å². The molecule has 1 aliphatic rings. The summed E-state index contributed by atoms with van der Waals surface area (Å²) in [7, 11) is 0. The molecule has 20 heavy (non-hydrogen) atoms. The molecule has 1 aromatic rings. The number of para-hydroxylation sites is 2. The molecular weight excluding hydrogens is 260 g/mol. The van der Waals surface area contributed by atoms with Gasteiger partial charge in [0.15, 0.2) is 5.75 Å². The second kappa shape index (κ2) is 7.21. The van der Waals surface area contributed by atoms with Crippen LogP contribution in [0.1, 0.15) is 12.8 Å². The summed E-state index contributed by atoms with van der Waals surface area (Å²) >= 11 is 0. The number of rotatable bonds is 6. The Morgan fingerprint density at radius 2 is 2.05 bits per heavy atom. The van der Waals surface area contributed by atoms with Crippen molar-refractivity contribution in [2.45, 2.75) is 12.8 Å². The molecule has 1 fully saturated rings. The van der Waals surface area contributed by atoms with Gasteiger partial charge in [0.1, 0.15) is 6.61 Å². The van der Waals surface area contributed by atoms with Crippen molar-refractivity contribution in [3.05, 3.63) is 34.4 Å². The number of aliphatic hydroxyl groups excluding tert-OH is 1. The zero-order valence-electron chi connectivity index (χ0n) is 11.4. The topological polar surface area (TPSA) is 75.8 Å². The number of piperidine rings is 1. The fraction of sp³-hybridized carbons (Fsp3) is 0.571. The first-order chi connectivity index (χ1) is 9.70. The van der Waals surface area contributed by atoms with E-state index in [0.29, 0.717) is 18.3 Å². The summed E-state index contributed by atoms with van der Waals surface area (Å²) in [5.41, 5.74) is 0.00601. The molecule has 0 saturated carbocycles. The lowest BCUT2D eigenvalue weighted by Crippen LogP contribution is -2.37. The molecule has 110 valence electrons. The van der Waals surface area contributed by atoms with Gasteiger partial charge in [-0.2, -0.15) is 0 Å². The number of nitro benzene ring substituents is 1. The summed E-state index contributed by atoms with van der Waals surface area (Å²) in [4.78, 5) is 12.7. The first-order valence-electron chi connectivity index (χ1n) is 6.90. The van der Waals surface area contributed by atoms with Crippen LogP contribution in [0, 0.1) is 16.0 Å². The minimum Gasteiger partial charge on any atom is -0.485 e. The van der Waals surface area contributed by atoms with Gasteiger partial charge in [-0.15, -0.1) is 0 Å². The van der Waals surface area contributed by atoms with Crippen molar-refractivity contribution >= 4 is 5.69 Å². The third-order valence-corrected chi connectivity index (χ3v) is 3.69. The average molecular weight is 280 g/mol. The summed E-state index contributed by atoms with van der Waals surface area (Å²) in [5.74, 6) is 0.741. The minimum absolute atomic E-state index is 0.00601. The van der Waals surface area contributed by atoms with Crippen LogP contribution in [0.3, 0.4) is 0 Å². The summed E-state index contributed by atoms with van der Waals surface area (Å²) in [6.07, 6.45) is 2.00. The highest BCUT2D eigenvalue weighted by Gasteiger charge is 2.19. The normalized spacial score (nSPS) is 17.1. The number of ether oxygens (including phenoxy) is 1. The lowest BCUT2D eigenvalue weighted by atomic mass is 9.98. The highest BCUT2D eigenvalue weighted by molar-refractivity contribution is 5.45. The molecule has 1 aromatic carbocycles. The SMILES string of the molecule is O=[N+]([O-])c1ccccc1OCCN1CCC(CO)CC1. The number of nitrogens with zero attached hydrogens (tertiary/aromatic N) is 2. The summed E-state index contributed by atoms with van der Waals surface area (Å²) in [5, 5.41) is 19.9. The molecule has 0 bridgehead atoms. The average Bonchev–Trinajstić information content (AvgIpc) is 2.48. The van der Waals surface area contributed by atoms with E-state index in [4.69, 9.17) is 9.84 Å². The smallest absolute Gasteiger partial charge is 0.310 e. The van der Waals surface area contributed by atoms with Crippen LogP contribution in [0.2, 0.25) is 0 Å². The Labute approximate surface area is 118 Å². The van der Waals surface area contributed by atoms with E-state index in [2.05, 4.69) is 4.90 Å². The van der Waals surface area contributed by atoms with Crippen molar-refractivity contribution in [2.75, 3.05) is 32.8 Å². The zero-order valence-corrected chi connectivity index (χ0v) is 11.4. The Bertz CT molecular complexity index is 445. The van der Waals surface area contributed by atoms with E-state index < -0.39 is 4.92 Å². The molecule has 0 aromatic heterocycles. The first-order valence-corrected chi connectivity index (χ1v) is 6.90. The molecule has 0 amide bonds. The molecule has 0 atom stereocenters. The molecule has 6 nitrogen and oxygen atoms in total. The van der Waals surface area contributed by atoms with Crippen molar-refractivity contribution in [1.82, 2.24) is 4.90 Å². The van der Waals surface area contributed by atoms with Gasteiger partial charge in [-0.3, -0.25) is 15.0 Å². The molecule has 0 unspecified atom stereocenters. The molecule has 0 spiro atoms. The lowest BCUT2D eigenvalue weighted by Gasteiger charge is -2.30. The fourth-order valence-corrected chi connectivity index (χ4v) is 2.41. The monoisotopic (exact) mass is 280 g/mol. The maximum absolute atomic E-state index is 10.8. The Morgan fingerprint density at radius 3 is 2.70 bits per heavy atom. The second-order valence-electron chi connectivity index (χ2n) is 5.04. The van der Waals surface area contributed by atoms with Crippen LogP contribution in [0.15, 0.2) is 24.3 Å². The molecule has 0 aliphatic carbocycles. The van der Waals surface area contributed by atoms with Gasteiger partial charge in [-0.25, -0.2) is 0 Å². The Morgan fingerprint density at radius 1 is 1.35 bits per heavy atom. The van der Waals surface area contributed by atoms with E-state index in [9.17, 15) is 10.1 Å². The maximum Gasteiger partial charge on any atom is 0.310 e. The Hall–Kier alpha value is -1.66. The van der Waals surface area contributed by atoms with Gasteiger partial charge in [0, 0.05) is 19.2 Å². The van der Waals surface area contributed by atoms with E-state index in [-0.39, 0.29) is 12.3 Å². The van der Waals surface area contributed by atoms with Crippen LogP contribution < -0.4 is 4.74 Å². The zero-order chi connectivity index (χ0) is 14.4. The van der Waals surface area contributed by atoms with Crippen LogP contribution in [-0.2, 0) is 0 Å². The third-order valence-electron chi connectivity index (χ3n) is 3.69. The van der Waals surface area contributed by atoms with Crippen molar-refractivity contribution < 1.29 is 14.8 Å². The largest absolute Gasteiger partial charge is 0.485 e. The van der Waals surface area contributed by atoms with Crippen molar-refractivity contribution in [3.8, 4) is 5.75 Å². The van der Waals surface area contributed by atoms with Crippen LogP contribution in [0.25, 0.3) is 0 Å². The van der Waals surface area contributed by atoms with Crippen LogP contribution in [-0.4, -0.2) is 47.8 Å². The van der Waals surface area contributed by atoms with E-state index in [1.165, 1.54) is 6.07 Å². The van der Waals surface area contributed by atoms with Gasteiger partial charge in [-0.1, -0.05) is 12.1 Å². The molecule has 2 rings (SSSR count). The first kappa shape index (κ1) is 14.7. The highest BCUT2D eigenvalue weighted by atomic mass is 16.6. The lowest BCUT2D eigenvalue weighted by molar-refractivity contribution is -0.385. The Kier molecular flexibility index (Phi) is 5.31. The molecule has 6 heteroatoms. The summed E-state index contributed by atoms with van der Waals surface area (Å²) in [6.45, 7) is 3.36. The molecule has 1 saturated heterocycles. The summed E-state index contributed by atoms with van der Waals surface area (Å²) in [6, 6.07) is 6.43. The molecular formula is C14H20N2O4. The fourth-order valence-electron chi connectivity index (χ4n) is 2.41. The predicted molar refractivity (Wildman–Crippen MR) is 74.8 cm³/mol. The number of likely N-dealkylation sites (tertiary alicyclic amines) is 1. The van der Waals surface area contributed by atoms with Gasteiger partial charge < -0.3 is 9.84 Å². The number of aliphatic hydroxyl groups is 1. The molecule has 1 N–H and O–H groups in total. The van der Waals surface area contributed by atoms with E-state index in [1.54, 1.807) is 18.2 Å². The standard InChI is InChI=1S/C14H20N2O4/c17-11-12-5-7-15(8-6-12)9-10-20-14-4-2-1-3-13(14)16(18)19/h1-4,12,17H,5-11H2. The van der Waals surface area contributed by atoms with Gasteiger partial charge in [0.05, 0.1) is 4.92 Å². The predicted octanol–water partition coefficient (Wildman–Crippen LogP) is 1.68. The van der Waals surface area contributed by atoms with E-state index >= 15 is 0 Å². The van der Waals surface area contributed by atoms with Crippen molar-refractivity contribution in [1.29, 1.82) is 0 Å². The van der Waals surface area contributed by atoms with Gasteiger partial charge in [0.25, 0.3) is 0 Å². The van der Waals surface area contributed by atoms with Crippen molar-refractivity contribution in [3.63, 3.8) is 0 Å². The minimum atomic E-state index is -0.428. The quantitative estimate of drug-likeness (QED) is 0.633. The van der Waals surface area contributed by atoms with E-state index in [0.717, 1.165) is 32.5 Å². The third kappa shape index (κ3) is 3.91. The molecule has 0 radical (unpaired) electrons. The van der Waals surface area contributed by atoms with Gasteiger partial charge in [-0.05, 0) is 37.9 Å². The second-order valence-corrected chi connectivity index (χ2v) is 5.04. The van der Waals surface area contributed by atoms with Crippen LogP contribution in [0.5, 0.6) is 5.75 Å². The Balaban J connectivity index is 1.78. The van der Waals surface area contributed by atoms with E-state index in [1.807, 2.05) is 0 Å². The summed E-state index contributed by atoms with van der Waals surface area (Å²) < 4.78 is 5.52. The van der Waals surface area contributed by atoms with Crippen LogP contribution >= 0.6 is 0 Å². The van der Waals surface area contributed by atoms with Crippen molar-refractivity contribution in [2.24, 2.45) is 5.92 Å². The molecule has 1 aliphatic heterocycles. The maximum atomic E-state index is 10.8.